The van der Waals surface area contributed by atoms with Crippen molar-refractivity contribution in [2.45, 2.75) is 39.2 Å². The minimum Gasteiger partial charge on any atom is -0.366 e. The van der Waals surface area contributed by atoms with Crippen molar-refractivity contribution in [2.75, 3.05) is 19.6 Å². The zero-order valence-electron chi connectivity index (χ0n) is 17.8. The Labute approximate surface area is 177 Å². The van der Waals surface area contributed by atoms with Gasteiger partial charge in [0.15, 0.2) is 0 Å². The summed E-state index contributed by atoms with van der Waals surface area (Å²) < 4.78 is 27.5. The molecule has 1 aliphatic heterocycles. The van der Waals surface area contributed by atoms with Crippen molar-refractivity contribution in [1.29, 1.82) is 0 Å². The maximum absolute atomic E-state index is 13.9. The maximum Gasteiger partial charge on any atom is 0.239 e. The number of benzene rings is 2. The number of nitrogens with zero attached hydrogens (tertiary/aromatic N) is 1. The summed E-state index contributed by atoms with van der Waals surface area (Å²) in [5, 5.41) is 2.80. The lowest BCUT2D eigenvalue weighted by Crippen LogP contribution is -2.35. The van der Waals surface area contributed by atoms with Crippen LogP contribution in [0.3, 0.4) is 0 Å². The number of amides is 1. The minimum absolute atomic E-state index is 0.0381. The molecular weight excluding hydrogens is 384 g/mol. The van der Waals surface area contributed by atoms with E-state index < -0.39 is 11.6 Å². The second kappa shape index (κ2) is 11.5. The highest BCUT2D eigenvalue weighted by molar-refractivity contribution is 5.78. The number of carbonyl (C=O) groups excluding carboxylic acids is 1. The highest BCUT2D eigenvalue weighted by Crippen LogP contribution is 2.18. The number of rotatable bonds is 5. The van der Waals surface area contributed by atoms with Crippen LogP contribution in [0.5, 0.6) is 0 Å². The van der Waals surface area contributed by atoms with Crippen LogP contribution in [0, 0.1) is 25.5 Å². The number of carbonyl (C=O) groups is 1. The third kappa shape index (κ3) is 7.59. The van der Waals surface area contributed by atoms with E-state index in [1.165, 1.54) is 24.6 Å². The lowest BCUT2D eigenvalue weighted by atomic mass is 10.0. The van der Waals surface area contributed by atoms with Crippen molar-refractivity contribution in [3.8, 4) is 0 Å². The lowest BCUT2D eigenvalue weighted by Gasteiger charge is -2.26. The molecule has 3 rings (SSSR count). The molecule has 1 aliphatic rings. The van der Waals surface area contributed by atoms with E-state index in [0.29, 0.717) is 13.0 Å². The van der Waals surface area contributed by atoms with Gasteiger partial charge in [-0.15, -0.1) is 0 Å². The van der Waals surface area contributed by atoms with Crippen LogP contribution in [0.4, 0.5) is 8.78 Å². The van der Waals surface area contributed by atoms with Crippen molar-refractivity contribution in [3.05, 3.63) is 83.1 Å². The number of hydrogen-bond donors (Lipinski definition) is 2. The summed E-state index contributed by atoms with van der Waals surface area (Å²) in [5.74, 6) is -0.917. The summed E-state index contributed by atoms with van der Waals surface area (Å²) in [4.78, 5) is 13.5. The molecule has 2 aromatic carbocycles. The lowest BCUT2D eigenvalue weighted by molar-refractivity contribution is -0.121. The smallest absolute Gasteiger partial charge is 0.239 e. The first-order chi connectivity index (χ1) is 14.3. The number of halogens is 2. The molecule has 162 valence electrons. The maximum atomic E-state index is 13.9. The highest BCUT2D eigenvalue weighted by atomic mass is 19.1. The van der Waals surface area contributed by atoms with Gasteiger partial charge in [-0.3, -0.25) is 4.79 Å². The van der Waals surface area contributed by atoms with Crippen LogP contribution in [-0.2, 0) is 11.2 Å². The Bertz CT molecular complexity index is 855. The Morgan fingerprint density at radius 3 is 2.53 bits per heavy atom. The van der Waals surface area contributed by atoms with Crippen molar-refractivity contribution in [2.24, 2.45) is 5.73 Å². The Morgan fingerprint density at radius 2 is 1.90 bits per heavy atom. The topological polar surface area (TPSA) is 58.4 Å². The third-order valence-corrected chi connectivity index (χ3v) is 4.96. The Morgan fingerprint density at radius 1 is 1.20 bits per heavy atom. The average Bonchev–Trinajstić information content (AvgIpc) is 2.92. The fraction of sp³-hybridized carbons (Fsp3) is 0.375. The van der Waals surface area contributed by atoms with Gasteiger partial charge in [0.1, 0.15) is 11.6 Å². The van der Waals surface area contributed by atoms with Crippen molar-refractivity contribution >= 4 is 5.91 Å². The fourth-order valence-electron chi connectivity index (χ4n) is 3.24. The molecule has 1 saturated heterocycles. The van der Waals surface area contributed by atoms with Crippen molar-refractivity contribution < 1.29 is 13.6 Å². The first-order valence-corrected chi connectivity index (χ1v) is 10.2. The predicted molar refractivity (Wildman–Crippen MR) is 117 cm³/mol. The van der Waals surface area contributed by atoms with E-state index in [9.17, 15) is 13.6 Å². The molecule has 1 heterocycles. The van der Waals surface area contributed by atoms with Gasteiger partial charge in [-0.1, -0.05) is 42.5 Å². The van der Waals surface area contributed by atoms with Gasteiger partial charge in [0.2, 0.25) is 5.91 Å². The molecule has 2 aromatic rings. The Balaban J connectivity index is 0.000000386. The van der Waals surface area contributed by atoms with Gasteiger partial charge < -0.3 is 16.0 Å². The summed E-state index contributed by atoms with van der Waals surface area (Å²) >= 11 is 0. The second-order valence-corrected chi connectivity index (χ2v) is 7.71. The molecule has 1 unspecified atom stereocenters. The van der Waals surface area contributed by atoms with E-state index in [-0.39, 0.29) is 36.0 Å². The molecule has 0 aromatic heterocycles. The quantitative estimate of drug-likeness (QED) is 0.780. The van der Waals surface area contributed by atoms with Gasteiger partial charge >= 0.3 is 0 Å². The highest BCUT2D eigenvalue weighted by Gasteiger charge is 2.18. The molecule has 30 heavy (non-hydrogen) atoms. The summed E-state index contributed by atoms with van der Waals surface area (Å²) in [6, 6.07) is 12.3. The van der Waals surface area contributed by atoms with Crippen molar-refractivity contribution in [3.63, 3.8) is 0 Å². The molecule has 1 fully saturated rings. The van der Waals surface area contributed by atoms with Gasteiger partial charge in [-0.05, 0) is 49.9 Å². The minimum atomic E-state index is -0.445. The molecule has 0 saturated carbocycles. The summed E-state index contributed by atoms with van der Waals surface area (Å²) in [7, 11) is 0. The number of hydrogen-bond acceptors (Lipinski definition) is 3. The summed E-state index contributed by atoms with van der Waals surface area (Å²) in [6.45, 7) is 9.25. The van der Waals surface area contributed by atoms with Gasteiger partial charge in [0.25, 0.3) is 0 Å². The van der Waals surface area contributed by atoms with E-state index in [2.05, 4.69) is 31.0 Å². The summed E-state index contributed by atoms with van der Waals surface area (Å²) in [5.41, 5.74) is 8.68. The van der Waals surface area contributed by atoms with Gasteiger partial charge in [-0.25, -0.2) is 8.78 Å². The second-order valence-electron chi connectivity index (χ2n) is 7.71. The molecule has 4 nitrogen and oxygen atoms in total. The summed E-state index contributed by atoms with van der Waals surface area (Å²) in [6.07, 6.45) is 1.50. The van der Waals surface area contributed by atoms with Crippen LogP contribution in [0.25, 0.3) is 0 Å². The monoisotopic (exact) mass is 415 g/mol. The van der Waals surface area contributed by atoms with Crippen LogP contribution < -0.4 is 11.1 Å². The Hall–Kier alpha value is -2.73. The SMILES string of the molecule is C=C(CC(N)Cc1cc(F)c(C)cc1F)N1CCCNC(=O)C1.Cc1ccccc1. The van der Waals surface area contributed by atoms with E-state index >= 15 is 0 Å². The fourth-order valence-corrected chi connectivity index (χ4v) is 3.24. The van der Waals surface area contributed by atoms with Gasteiger partial charge in [0, 0.05) is 31.2 Å². The molecule has 0 bridgehead atoms. The third-order valence-electron chi connectivity index (χ3n) is 4.96. The number of aryl methyl sites for hydroxylation is 2. The zero-order chi connectivity index (χ0) is 22.1. The van der Waals surface area contributed by atoms with Crippen LogP contribution >= 0.6 is 0 Å². The molecular formula is C24H31F2N3O. The molecule has 0 radical (unpaired) electrons. The van der Waals surface area contributed by atoms with Crippen LogP contribution in [0.1, 0.15) is 29.5 Å². The Kier molecular flexibility index (Phi) is 8.99. The van der Waals surface area contributed by atoms with E-state index in [0.717, 1.165) is 18.7 Å². The van der Waals surface area contributed by atoms with E-state index in [1.54, 1.807) is 0 Å². The standard InChI is InChI=1S/C17H23F2N3O.C7H8/c1-11-6-16(19)13(9-15(11)18)8-14(20)7-12(2)22-5-3-4-21-17(23)10-22;1-7-5-3-2-4-6-7/h6,9,14H,2-5,7-8,10,20H2,1H3,(H,21,23);2-6H,1H3. The normalized spacial score (nSPS) is 14.8. The van der Waals surface area contributed by atoms with Crippen LogP contribution in [-0.4, -0.2) is 36.5 Å². The molecule has 1 atom stereocenters. The average molecular weight is 416 g/mol. The largest absolute Gasteiger partial charge is 0.366 e. The number of nitrogens with one attached hydrogen (secondary N) is 1. The molecule has 0 spiro atoms. The van der Waals surface area contributed by atoms with Crippen molar-refractivity contribution in [1.82, 2.24) is 10.2 Å². The van der Waals surface area contributed by atoms with E-state index in [1.807, 2.05) is 23.1 Å². The van der Waals surface area contributed by atoms with Crippen LogP contribution in [0.15, 0.2) is 54.7 Å². The van der Waals surface area contributed by atoms with Gasteiger partial charge in [0.05, 0.1) is 6.54 Å². The van der Waals surface area contributed by atoms with Gasteiger partial charge in [-0.2, -0.15) is 0 Å². The molecule has 3 N–H and O–H groups in total. The zero-order valence-corrected chi connectivity index (χ0v) is 17.8. The first kappa shape index (κ1) is 23.5. The molecule has 0 aliphatic carbocycles. The molecule has 1 amide bonds. The van der Waals surface area contributed by atoms with Crippen LogP contribution in [0.2, 0.25) is 0 Å². The first-order valence-electron chi connectivity index (χ1n) is 10.2. The van der Waals surface area contributed by atoms with E-state index in [4.69, 9.17) is 5.73 Å². The molecule has 6 heteroatoms. The predicted octanol–water partition coefficient (Wildman–Crippen LogP) is 3.86. The number of nitrogens with two attached hydrogens (primary N) is 1.